The van der Waals surface area contributed by atoms with E-state index in [1.807, 2.05) is 18.2 Å². The highest BCUT2D eigenvalue weighted by Gasteiger charge is 2.19. The Morgan fingerprint density at radius 2 is 2.00 bits per heavy atom. The van der Waals surface area contributed by atoms with E-state index in [9.17, 15) is 0 Å². The van der Waals surface area contributed by atoms with E-state index in [4.69, 9.17) is 11.5 Å². The largest absolute Gasteiger partial charge is 0.397 e. The molecule has 0 aliphatic heterocycles. The van der Waals surface area contributed by atoms with E-state index in [1.165, 1.54) is 25.7 Å². The summed E-state index contributed by atoms with van der Waals surface area (Å²) in [6.07, 6.45) is 5.48. The lowest BCUT2D eigenvalue weighted by atomic mass is 10.2. The number of hydrogen-bond donors (Lipinski definition) is 3. The van der Waals surface area contributed by atoms with Crippen molar-refractivity contribution in [3.05, 3.63) is 18.2 Å². The molecule has 82 valence electrons. The molecule has 0 saturated heterocycles. The van der Waals surface area contributed by atoms with Crippen molar-refractivity contribution in [1.29, 1.82) is 0 Å². The highest BCUT2D eigenvalue weighted by molar-refractivity contribution is 5.69. The lowest BCUT2D eigenvalue weighted by molar-refractivity contribution is 0.687. The lowest BCUT2D eigenvalue weighted by Crippen LogP contribution is -2.03. The van der Waals surface area contributed by atoms with E-state index < -0.39 is 0 Å². The first kappa shape index (κ1) is 10.1. The molecule has 1 aromatic rings. The smallest absolute Gasteiger partial charge is 0.0568 e. The van der Waals surface area contributed by atoms with Crippen LogP contribution < -0.4 is 16.8 Å². The van der Waals surface area contributed by atoms with E-state index in [-0.39, 0.29) is 0 Å². The fourth-order valence-electron chi connectivity index (χ4n) is 1.71. The quantitative estimate of drug-likeness (QED) is 0.511. The molecule has 3 nitrogen and oxygen atoms in total. The van der Waals surface area contributed by atoms with Gasteiger partial charge in [-0.2, -0.15) is 0 Å². The molecule has 0 amide bonds. The Morgan fingerprint density at radius 1 is 1.20 bits per heavy atom. The fourth-order valence-corrected chi connectivity index (χ4v) is 1.71. The number of benzene rings is 1. The van der Waals surface area contributed by atoms with Gasteiger partial charge < -0.3 is 16.8 Å². The molecular weight excluding hydrogens is 186 g/mol. The Hall–Kier alpha value is -1.38. The van der Waals surface area contributed by atoms with Crippen molar-refractivity contribution < 1.29 is 0 Å². The van der Waals surface area contributed by atoms with Crippen molar-refractivity contribution >= 4 is 17.1 Å². The molecule has 0 heterocycles. The highest BCUT2D eigenvalue weighted by Crippen LogP contribution is 2.33. The normalized spacial score (nSPS) is 15.2. The van der Waals surface area contributed by atoms with Crippen molar-refractivity contribution in [2.75, 3.05) is 23.3 Å². The molecule has 5 N–H and O–H groups in total. The van der Waals surface area contributed by atoms with Crippen LogP contribution in [-0.2, 0) is 0 Å². The lowest BCUT2D eigenvalue weighted by Gasteiger charge is -2.08. The average molecular weight is 205 g/mol. The van der Waals surface area contributed by atoms with Crippen molar-refractivity contribution in [3.63, 3.8) is 0 Å². The summed E-state index contributed by atoms with van der Waals surface area (Å²) in [5, 5.41) is 3.36. The third-order valence-corrected chi connectivity index (χ3v) is 2.90. The minimum absolute atomic E-state index is 0.651. The van der Waals surface area contributed by atoms with Crippen LogP contribution in [0.3, 0.4) is 0 Å². The van der Waals surface area contributed by atoms with E-state index in [0.29, 0.717) is 11.4 Å². The van der Waals surface area contributed by atoms with Crippen molar-refractivity contribution in [3.8, 4) is 0 Å². The number of anilines is 3. The molecule has 1 fully saturated rings. The number of nitrogens with one attached hydrogen (secondary N) is 1. The number of nitrogen functional groups attached to an aromatic ring is 2. The van der Waals surface area contributed by atoms with Gasteiger partial charge in [0.2, 0.25) is 0 Å². The summed E-state index contributed by atoms with van der Waals surface area (Å²) in [6, 6.07) is 5.72. The molecule has 1 aliphatic rings. The molecule has 0 radical (unpaired) electrons. The van der Waals surface area contributed by atoms with Gasteiger partial charge in [-0.3, -0.25) is 0 Å². The first-order valence-electron chi connectivity index (χ1n) is 5.64. The Bertz CT molecular complexity index is 332. The molecule has 0 aromatic heterocycles. The minimum atomic E-state index is 0.651. The summed E-state index contributed by atoms with van der Waals surface area (Å²) in [5.41, 5.74) is 13.7. The van der Waals surface area contributed by atoms with Crippen LogP contribution in [0.2, 0.25) is 0 Å². The number of hydrogen-bond acceptors (Lipinski definition) is 3. The summed E-state index contributed by atoms with van der Waals surface area (Å²) in [5.74, 6) is 1.02. The standard InChI is InChI=1S/C12H19N3/c13-11-6-5-10(8-12(11)14)15-7-1-2-9-3-4-9/h5-6,8-9,15H,1-4,7,13-14H2. The second-order valence-corrected chi connectivity index (χ2v) is 4.36. The van der Waals surface area contributed by atoms with Crippen molar-refractivity contribution in [2.24, 2.45) is 5.92 Å². The van der Waals surface area contributed by atoms with Gasteiger partial charge in [-0.15, -0.1) is 0 Å². The second kappa shape index (κ2) is 4.43. The first-order valence-corrected chi connectivity index (χ1v) is 5.64. The SMILES string of the molecule is Nc1ccc(NCCCC2CC2)cc1N. The van der Waals surface area contributed by atoms with E-state index in [0.717, 1.165) is 18.2 Å². The summed E-state index contributed by atoms with van der Waals surface area (Å²) < 4.78 is 0. The Balaban J connectivity index is 1.74. The monoisotopic (exact) mass is 205 g/mol. The second-order valence-electron chi connectivity index (χ2n) is 4.36. The third kappa shape index (κ3) is 3.05. The fraction of sp³-hybridized carbons (Fsp3) is 0.500. The molecule has 0 bridgehead atoms. The van der Waals surface area contributed by atoms with Gasteiger partial charge in [0.1, 0.15) is 0 Å². The molecule has 1 aliphatic carbocycles. The van der Waals surface area contributed by atoms with Crippen LogP contribution in [0, 0.1) is 5.92 Å². The minimum Gasteiger partial charge on any atom is -0.397 e. The van der Waals surface area contributed by atoms with Gasteiger partial charge in [0.25, 0.3) is 0 Å². The zero-order valence-electron chi connectivity index (χ0n) is 9.00. The molecule has 3 heteroatoms. The average Bonchev–Trinajstić information content (AvgIpc) is 3.02. The Kier molecular flexibility index (Phi) is 2.99. The zero-order chi connectivity index (χ0) is 10.7. The predicted octanol–water partition coefficient (Wildman–Crippen LogP) is 2.45. The molecule has 2 rings (SSSR count). The topological polar surface area (TPSA) is 64.1 Å². The van der Waals surface area contributed by atoms with Crippen molar-refractivity contribution in [2.45, 2.75) is 25.7 Å². The molecule has 0 unspecified atom stereocenters. The third-order valence-electron chi connectivity index (χ3n) is 2.90. The number of rotatable bonds is 5. The zero-order valence-corrected chi connectivity index (χ0v) is 9.00. The van der Waals surface area contributed by atoms with Crippen LogP contribution in [0.1, 0.15) is 25.7 Å². The predicted molar refractivity (Wildman–Crippen MR) is 65.7 cm³/mol. The molecule has 1 aromatic carbocycles. The van der Waals surface area contributed by atoms with Crippen LogP contribution >= 0.6 is 0 Å². The molecule has 1 saturated carbocycles. The van der Waals surface area contributed by atoms with Crippen LogP contribution in [0.4, 0.5) is 17.1 Å². The van der Waals surface area contributed by atoms with Gasteiger partial charge in [0.15, 0.2) is 0 Å². The summed E-state index contributed by atoms with van der Waals surface area (Å²) >= 11 is 0. The van der Waals surface area contributed by atoms with Gasteiger partial charge in [-0.05, 0) is 37.0 Å². The number of nitrogens with two attached hydrogens (primary N) is 2. The summed E-state index contributed by atoms with van der Waals surface area (Å²) in [6.45, 7) is 1.03. The van der Waals surface area contributed by atoms with Crippen LogP contribution in [-0.4, -0.2) is 6.54 Å². The first-order chi connectivity index (χ1) is 7.25. The van der Waals surface area contributed by atoms with Gasteiger partial charge in [0, 0.05) is 12.2 Å². The molecule has 0 spiro atoms. The van der Waals surface area contributed by atoms with Gasteiger partial charge in [-0.1, -0.05) is 12.8 Å². The van der Waals surface area contributed by atoms with Gasteiger partial charge >= 0.3 is 0 Å². The highest BCUT2D eigenvalue weighted by atomic mass is 14.9. The van der Waals surface area contributed by atoms with E-state index >= 15 is 0 Å². The summed E-state index contributed by atoms with van der Waals surface area (Å²) in [7, 11) is 0. The Morgan fingerprint density at radius 3 is 2.67 bits per heavy atom. The maximum atomic E-state index is 5.72. The van der Waals surface area contributed by atoms with Crippen LogP contribution in [0.15, 0.2) is 18.2 Å². The maximum absolute atomic E-state index is 5.72. The molecule has 0 atom stereocenters. The molecular formula is C12H19N3. The van der Waals surface area contributed by atoms with Crippen LogP contribution in [0.25, 0.3) is 0 Å². The van der Waals surface area contributed by atoms with Gasteiger partial charge in [-0.25, -0.2) is 0 Å². The van der Waals surface area contributed by atoms with Crippen molar-refractivity contribution in [1.82, 2.24) is 0 Å². The molecule has 15 heavy (non-hydrogen) atoms. The van der Waals surface area contributed by atoms with Crippen LogP contribution in [0.5, 0.6) is 0 Å². The Labute approximate surface area is 90.8 Å². The van der Waals surface area contributed by atoms with E-state index in [2.05, 4.69) is 5.32 Å². The maximum Gasteiger partial charge on any atom is 0.0568 e. The van der Waals surface area contributed by atoms with E-state index in [1.54, 1.807) is 0 Å². The summed E-state index contributed by atoms with van der Waals surface area (Å²) in [4.78, 5) is 0. The van der Waals surface area contributed by atoms with Gasteiger partial charge in [0.05, 0.1) is 11.4 Å².